The first-order valence-electron chi connectivity index (χ1n) is 7.54. The Morgan fingerprint density at radius 1 is 1.32 bits per heavy atom. The van der Waals surface area contributed by atoms with E-state index in [1.54, 1.807) is 5.56 Å². The fourth-order valence-corrected chi connectivity index (χ4v) is 5.16. The summed E-state index contributed by atoms with van der Waals surface area (Å²) in [6.45, 7) is 4.81. The molecule has 2 heteroatoms. The summed E-state index contributed by atoms with van der Waals surface area (Å²) in [5.74, 6) is 0.718. The minimum absolute atomic E-state index is 0.428. The van der Waals surface area contributed by atoms with Crippen LogP contribution in [0.4, 0.5) is 0 Å². The number of benzene rings is 1. The highest BCUT2D eigenvalue weighted by Crippen LogP contribution is 2.45. The molecule has 3 unspecified atom stereocenters. The van der Waals surface area contributed by atoms with Crippen LogP contribution in [0, 0.1) is 11.3 Å². The van der Waals surface area contributed by atoms with Crippen molar-refractivity contribution in [2.45, 2.75) is 62.1 Å². The molecular weight excluding hydrogens is 250 g/mol. The van der Waals surface area contributed by atoms with Gasteiger partial charge in [-0.1, -0.05) is 32.0 Å². The van der Waals surface area contributed by atoms with Gasteiger partial charge in [-0.3, -0.25) is 0 Å². The van der Waals surface area contributed by atoms with E-state index in [0.717, 1.165) is 11.2 Å². The third kappa shape index (κ3) is 3.00. The van der Waals surface area contributed by atoms with Crippen molar-refractivity contribution in [3.05, 3.63) is 29.8 Å². The van der Waals surface area contributed by atoms with Crippen LogP contribution in [0.3, 0.4) is 0 Å². The molecule has 1 fully saturated rings. The van der Waals surface area contributed by atoms with E-state index >= 15 is 0 Å². The zero-order chi connectivity index (χ0) is 13.5. The van der Waals surface area contributed by atoms with Gasteiger partial charge < -0.3 is 5.73 Å². The Hall–Kier alpha value is -0.470. The lowest BCUT2D eigenvalue weighted by molar-refractivity contribution is 0.150. The molecule has 3 atom stereocenters. The van der Waals surface area contributed by atoms with E-state index in [2.05, 4.69) is 49.9 Å². The Morgan fingerprint density at radius 2 is 2.11 bits per heavy atom. The molecule has 0 spiro atoms. The maximum Gasteiger partial charge on any atom is 0.0138 e. The second-order valence-electron chi connectivity index (χ2n) is 7.12. The molecule has 1 aromatic carbocycles. The highest BCUT2D eigenvalue weighted by atomic mass is 32.2. The molecule has 3 rings (SSSR count). The van der Waals surface area contributed by atoms with Gasteiger partial charge in [0.05, 0.1) is 0 Å². The van der Waals surface area contributed by atoms with Gasteiger partial charge in [0.15, 0.2) is 0 Å². The molecule has 1 nitrogen and oxygen atoms in total. The minimum Gasteiger partial charge on any atom is -0.327 e. The first kappa shape index (κ1) is 13.5. The van der Waals surface area contributed by atoms with Crippen molar-refractivity contribution in [3.8, 4) is 0 Å². The molecule has 104 valence electrons. The molecule has 0 bridgehead atoms. The smallest absolute Gasteiger partial charge is 0.0138 e. The van der Waals surface area contributed by atoms with Crippen molar-refractivity contribution < 1.29 is 0 Å². The molecule has 1 heterocycles. The Bertz CT molecular complexity index is 429. The van der Waals surface area contributed by atoms with Crippen LogP contribution in [0.25, 0.3) is 0 Å². The lowest BCUT2D eigenvalue weighted by atomic mass is 9.68. The molecule has 0 radical (unpaired) electrons. The molecule has 2 N–H and O–H groups in total. The second-order valence-corrected chi connectivity index (χ2v) is 8.46. The van der Waals surface area contributed by atoms with Crippen LogP contribution in [0.2, 0.25) is 0 Å². The van der Waals surface area contributed by atoms with Crippen LogP contribution >= 0.6 is 11.8 Å². The maximum absolute atomic E-state index is 6.37. The molecule has 0 saturated heterocycles. The molecular formula is C17H25NS. The molecule has 1 aliphatic heterocycles. The standard InChI is InChI=1S/C17H25NS/c1-17(2)8-7-15(18)13(11-17)10-14-9-12-5-3-4-6-16(12)19-14/h3-6,13-15H,7-11,18H2,1-2H3. The van der Waals surface area contributed by atoms with Crippen LogP contribution < -0.4 is 5.73 Å². The first-order valence-corrected chi connectivity index (χ1v) is 8.42. The van der Waals surface area contributed by atoms with E-state index in [9.17, 15) is 0 Å². The van der Waals surface area contributed by atoms with E-state index in [0.29, 0.717) is 11.5 Å². The zero-order valence-electron chi connectivity index (χ0n) is 12.1. The summed E-state index contributed by atoms with van der Waals surface area (Å²) in [6.07, 6.45) is 6.35. The fourth-order valence-electron chi connectivity index (χ4n) is 3.74. The van der Waals surface area contributed by atoms with Crippen molar-refractivity contribution in [2.75, 3.05) is 0 Å². The van der Waals surface area contributed by atoms with Gasteiger partial charge in [0.2, 0.25) is 0 Å². The van der Waals surface area contributed by atoms with Crippen molar-refractivity contribution >= 4 is 11.8 Å². The van der Waals surface area contributed by atoms with Crippen molar-refractivity contribution in [1.29, 1.82) is 0 Å². The number of nitrogens with two attached hydrogens (primary N) is 1. The van der Waals surface area contributed by atoms with E-state index < -0.39 is 0 Å². The number of fused-ring (bicyclic) bond motifs is 1. The highest BCUT2D eigenvalue weighted by molar-refractivity contribution is 8.00. The molecule has 0 amide bonds. The van der Waals surface area contributed by atoms with Crippen LogP contribution in [-0.2, 0) is 6.42 Å². The van der Waals surface area contributed by atoms with Gasteiger partial charge in [-0.2, -0.15) is 0 Å². The number of hydrogen-bond acceptors (Lipinski definition) is 2. The summed E-state index contributed by atoms with van der Waals surface area (Å²) in [7, 11) is 0. The Labute approximate surface area is 121 Å². The monoisotopic (exact) mass is 275 g/mol. The third-order valence-corrected chi connectivity index (χ3v) is 6.20. The number of rotatable bonds is 2. The topological polar surface area (TPSA) is 26.0 Å². The van der Waals surface area contributed by atoms with E-state index in [4.69, 9.17) is 5.73 Å². The zero-order valence-corrected chi connectivity index (χ0v) is 12.9. The summed E-state index contributed by atoms with van der Waals surface area (Å²) >= 11 is 2.08. The Balaban J connectivity index is 1.64. The molecule has 1 aromatic rings. The summed E-state index contributed by atoms with van der Waals surface area (Å²) in [5.41, 5.74) is 8.41. The molecule has 19 heavy (non-hydrogen) atoms. The maximum atomic E-state index is 6.37. The fraction of sp³-hybridized carbons (Fsp3) is 0.647. The third-order valence-electron chi connectivity index (χ3n) is 4.85. The summed E-state index contributed by atoms with van der Waals surface area (Å²) in [4.78, 5) is 1.50. The Kier molecular flexibility index (Phi) is 3.65. The van der Waals surface area contributed by atoms with Gasteiger partial charge in [-0.25, -0.2) is 0 Å². The number of thioether (sulfide) groups is 1. The van der Waals surface area contributed by atoms with Gasteiger partial charge in [0, 0.05) is 16.2 Å². The SMILES string of the molecule is CC1(C)CCC(N)C(CC2Cc3ccccc3S2)C1. The lowest BCUT2D eigenvalue weighted by Crippen LogP contribution is -2.40. The van der Waals surface area contributed by atoms with Crippen LogP contribution in [0.15, 0.2) is 29.2 Å². The summed E-state index contributed by atoms with van der Waals surface area (Å²) < 4.78 is 0. The second kappa shape index (κ2) is 5.14. The molecule has 2 aliphatic rings. The highest BCUT2D eigenvalue weighted by Gasteiger charge is 2.35. The average molecular weight is 275 g/mol. The van der Waals surface area contributed by atoms with Gasteiger partial charge in [0.25, 0.3) is 0 Å². The lowest BCUT2D eigenvalue weighted by Gasteiger charge is -2.40. The predicted molar refractivity (Wildman–Crippen MR) is 83.5 cm³/mol. The number of hydrogen-bond donors (Lipinski definition) is 1. The quantitative estimate of drug-likeness (QED) is 0.873. The van der Waals surface area contributed by atoms with Crippen molar-refractivity contribution in [3.63, 3.8) is 0 Å². The van der Waals surface area contributed by atoms with E-state index in [1.807, 2.05) is 0 Å². The molecule has 0 aromatic heterocycles. The predicted octanol–water partition coefficient (Wildman–Crippen LogP) is 4.25. The van der Waals surface area contributed by atoms with Crippen LogP contribution in [0.1, 0.15) is 45.1 Å². The largest absolute Gasteiger partial charge is 0.327 e. The van der Waals surface area contributed by atoms with Crippen LogP contribution in [0.5, 0.6) is 0 Å². The van der Waals surface area contributed by atoms with Gasteiger partial charge in [0.1, 0.15) is 0 Å². The van der Waals surface area contributed by atoms with E-state index in [-0.39, 0.29) is 0 Å². The normalized spacial score (nSPS) is 33.1. The first-order chi connectivity index (χ1) is 9.03. The Morgan fingerprint density at radius 3 is 2.89 bits per heavy atom. The molecule has 1 saturated carbocycles. The molecule has 1 aliphatic carbocycles. The average Bonchev–Trinajstić information content (AvgIpc) is 2.76. The van der Waals surface area contributed by atoms with Crippen LogP contribution in [-0.4, -0.2) is 11.3 Å². The van der Waals surface area contributed by atoms with E-state index in [1.165, 1.54) is 37.0 Å². The summed E-state index contributed by atoms with van der Waals surface area (Å²) in [5, 5.41) is 0.752. The van der Waals surface area contributed by atoms with Gasteiger partial charge in [-0.15, -0.1) is 11.8 Å². The van der Waals surface area contributed by atoms with Gasteiger partial charge >= 0.3 is 0 Å². The summed E-state index contributed by atoms with van der Waals surface area (Å²) in [6, 6.07) is 9.30. The van der Waals surface area contributed by atoms with Gasteiger partial charge in [-0.05, 0) is 55.1 Å². The minimum atomic E-state index is 0.428. The van der Waals surface area contributed by atoms with Crippen molar-refractivity contribution in [2.24, 2.45) is 17.1 Å². The van der Waals surface area contributed by atoms with Crippen molar-refractivity contribution in [1.82, 2.24) is 0 Å².